The topological polar surface area (TPSA) is 88.6 Å². The predicted octanol–water partition coefficient (Wildman–Crippen LogP) is 5.45. The van der Waals surface area contributed by atoms with Crippen molar-refractivity contribution in [1.29, 1.82) is 0 Å². The van der Waals surface area contributed by atoms with Crippen molar-refractivity contribution in [2.45, 2.75) is 52.6 Å². The first kappa shape index (κ1) is 26.1. The van der Waals surface area contributed by atoms with Gasteiger partial charge in [-0.2, -0.15) is 0 Å². The third kappa shape index (κ3) is 5.40. The smallest absolute Gasteiger partial charge is 0.328 e. The van der Waals surface area contributed by atoms with E-state index in [4.69, 9.17) is 4.74 Å². The molecule has 4 rings (SSSR count). The molecule has 192 valence electrons. The summed E-state index contributed by atoms with van der Waals surface area (Å²) in [5, 5.41) is 2.83. The van der Waals surface area contributed by atoms with Crippen molar-refractivity contribution in [1.82, 2.24) is 9.88 Å². The molecule has 1 atom stereocenters. The van der Waals surface area contributed by atoms with Crippen LogP contribution in [0.5, 0.6) is 0 Å². The van der Waals surface area contributed by atoms with Gasteiger partial charge in [-0.25, -0.2) is 9.78 Å². The standard InChI is InChI=1S/C30H33N3O4/c1-18(2)26(29(36)37-6)33-17-22-8-7-20(15-24(22)28(33)35)21-11-14-25(31-16-21)32-27(34)19-9-12-23(13-10-19)30(3,4)5/h7-16,18,26H,17H2,1-6H3,(H,31,32,34). The van der Waals surface area contributed by atoms with E-state index in [-0.39, 0.29) is 23.1 Å². The summed E-state index contributed by atoms with van der Waals surface area (Å²) in [7, 11) is 1.34. The molecule has 0 fully saturated rings. The van der Waals surface area contributed by atoms with Gasteiger partial charge in [0.05, 0.1) is 7.11 Å². The Balaban J connectivity index is 1.48. The molecule has 37 heavy (non-hydrogen) atoms. The lowest BCUT2D eigenvalue weighted by Crippen LogP contribution is -2.45. The summed E-state index contributed by atoms with van der Waals surface area (Å²) in [6.07, 6.45) is 1.67. The fourth-order valence-electron chi connectivity index (χ4n) is 4.56. The number of benzene rings is 2. The predicted molar refractivity (Wildman–Crippen MR) is 143 cm³/mol. The number of hydrogen-bond acceptors (Lipinski definition) is 5. The van der Waals surface area contributed by atoms with Crippen molar-refractivity contribution < 1.29 is 19.1 Å². The van der Waals surface area contributed by atoms with E-state index in [1.807, 2.05) is 62.4 Å². The molecule has 7 nitrogen and oxygen atoms in total. The highest BCUT2D eigenvalue weighted by Gasteiger charge is 2.38. The normalized spacial score (nSPS) is 13.9. The van der Waals surface area contributed by atoms with Gasteiger partial charge in [0.15, 0.2) is 0 Å². The Labute approximate surface area is 217 Å². The molecular formula is C30H33N3O4. The molecule has 1 unspecified atom stereocenters. The number of nitrogens with one attached hydrogen (secondary N) is 1. The monoisotopic (exact) mass is 499 g/mol. The van der Waals surface area contributed by atoms with Crippen LogP contribution in [0.25, 0.3) is 11.1 Å². The van der Waals surface area contributed by atoms with Crippen LogP contribution in [0.3, 0.4) is 0 Å². The Morgan fingerprint density at radius 3 is 2.24 bits per heavy atom. The number of carbonyl (C=O) groups is 3. The van der Waals surface area contributed by atoms with Gasteiger partial charge in [0.1, 0.15) is 11.9 Å². The highest BCUT2D eigenvalue weighted by molar-refractivity contribution is 6.04. The number of rotatable bonds is 6. The Bertz CT molecular complexity index is 1320. The number of esters is 1. The molecule has 1 aromatic heterocycles. The number of carbonyl (C=O) groups excluding carboxylic acids is 3. The highest BCUT2D eigenvalue weighted by atomic mass is 16.5. The van der Waals surface area contributed by atoms with Crippen molar-refractivity contribution >= 4 is 23.6 Å². The number of pyridine rings is 1. The maximum atomic E-state index is 13.2. The van der Waals surface area contributed by atoms with Crippen molar-refractivity contribution in [2.75, 3.05) is 12.4 Å². The molecule has 2 amide bonds. The maximum Gasteiger partial charge on any atom is 0.328 e. The number of aromatic nitrogens is 1. The molecular weight excluding hydrogens is 466 g/mol. The Morgan fingerprint density at radius 1 is 1.00 bits per heavy atom. The number of methoxy groups -OCH3 is 1. The van der Waals surface area contributed by atoms with Gasteiger partial charge in [-0.05, 0) is 58.4 Å². The molecule has 0 radical (unpaired) electrons. The lowest BCUT2D eigenvalue weighted by Gasteiger charge is -2.28. The van der Waals surface area contributed by atoms with E-state index in [1.165, 1.54) is 7.11 Å². The molecule has 7 heteroatoms. The van der Waals surface area contributed by atoms with Crippen LogP contribution in [0.2, 0.25) is 0 Å². The van der Waals surface area contributed by atoms with Gasteiger partial charge in [0.25, 0.3) is 11.8 Å². The summed E-state index contributed by atoms with van der Waals surface area (Å²) in [6, 6.07) is 16.2. The van der Waals surface area contributed by atoms with E-state index < -0.39 is 12.0 Å². The van der Waals surface area contributed by atoms with Gasteiger partial charge in [-0.15, -0.1) is 0 Å². The summed E-state index contributed by atoms with van der Waals surface area (Å²) in [5.41, 5.74) is 4.83. The summed E-state index contributed by atoms with van der Waals surface area (Å²) < 4.78 is 4.94. The molecule has 0 aliphatic carbocycles. The minimum atomic E-state index is -0.637. The Kier molecular flexibility index (Phi) is 7.16. The van der Waals surface area contributed by atoms with E-state index in [0.717, 1.165) is 22.3 Å². The lowest BCUT2D eigenvalue weighted by atomic mass is 9.87. The van der Waals surface area contributed by atoms with Crippen LogP contribution in [-0.2, 0) is 21.5 Å². The number of nitrogens with zero attached hydrogens (tertiary/aromatic N) is 2. The summed E-state index contributed by atoms with van der Waals surface area (Å²) in [6.45, 7) is 10.6. The van der Waals surface area contributed by atoms with Gasteiger partial charge in [0, 0.05) is 29.4 Å². The van der Waals surface area contributed by atoms with Gasteiger partial charge in [-0.3, -0.25) is 9.59 Å². The molecule has 0 saturated carbocycles. The zero-order valence-corrected chi connectivity index (χ0v) is 22.2. The van der Waals surface area contributed by atoms with Crippen LogP contribution >= 0.6 is 0 Å². The SMILES string of the molecule is COC(=O)C(C(C)C)N1Cc2ccc(-c3ccc(NC(=O)c4ccc(C(C)(C)C)cc4)nc3)cc2C1=O. The number of amides is 2. The molecule has 0 bridgehead atoms. The van der Waals surface area contributed by atoms with Gasteiger partial charge in [-0.1, -0.05) is 58.9 Å². The fourth-order valence-corrected chi connectivity index (χ4v) is 4.56. The van der Waals surface area contributed by atoms with Gasteiger partial charge in [0.2, 0.25) is 0 Å². The highest BCUT2D eigenvalue weighted by Crippen LogP contribution is 2.31. The second-order valence-corrected chi connectivity index (χ2v) is 10.7. The number of fused-ring (bicyclic) bond motifs is 1. The van der Waals surface area contributed by atoms with Crippen molar-refractivity contribution in [3.8, 4) is 11.1 Å². The van der Waals surface area contributed by atoms with Crippen molar-refractivity contribution in [2.24, 2.45) is 5.92 Å². The van der Waals surface area contributed by atoms with E-state index in [9.17, 15) is 14.4 Å². The van der Waals surface area contributed by atoms with E-state index in [1.54, 1.807) is 17.2 Å². The number of hydrogen-bond donors (Lipinski definition) is 1. The van der Waals surface area contributed by atoms with Crippen LogP contribution in [-0.4, -0.2) is 40.8 Å². The quantitative estimate of drug-likeness (QED) is 0.456. The Morgan fingerprint density at radius 2 is 1.68 bits per heavy atom. The first-order valence-electron chi connectivity index (χ1n) is 12.4. The molecule has 1 N–H and O–H groups in total. The minimum Gasteiger partial charge on any atom is -0.467 e. The summed E-state index contributed by atoms with van der Waals surface area (Å²) >= 11 is 0. The second-order valence-electron chi connectivity index (χ2n) is 10.7. The Hall–Kier alpha value is -4.00. The molecule has 3 aromatic rings. The van der Waals surface area contributed by atoms with Crippen molar-refractivity contribution in [3.63, 3.8) is 0 Å². The summed E-state index contributed by atoms with van der Waals surface area (Å²) in [4.78, 5) is 44.2. The third-order valence-corrected chi connectivity index (χ3v) is 6.70. The average Bonchev–Trinajstić information content (AvgIpc) is 3.19. The van der Waals surface area contributed by atoms with Gasteiger partial charge < -0.3 is 15.0 Å². The number of anilines is 1. The van der Waals surface area contributed by atoms with Gasteiger partial charge >= 0.3 is 5.97 Å². The van der Waals surface area contributed by atoms with Crippen molar-refractivity contribution in [3.05, 3.63) is 83.0 Å². The zero-order valence-electron chi connectivity index (χ0n) is 22.2. The van der Waals surface area contributed by atoms with Crippen LogP contribution < -0.4 is 5.32 Å². The minimum absolute atomic E-state index is 0.0182. The molecule has 1 aliphatic heterocycles. The number of ether oxygens (including phenoxy) is 1. The zero-order chi connectivity index (χ0) is 26.9. The van der Waals surface area contributed by atoms with Crippen LogP contribution in [0.15, 0.2) is 60.8 Å². The first-order valence-corrected chi connectivity index (χ1v) is 12.4. The summed E-state index contributed by atoms with van der Waals surface area (Å²) in [5.74, 6) is -0.462. The fraction of sp³-hybridized carbons (Fsp3) is 0.333. The van der Waals surface area contributed by atoms with E-state index in [0.29, 0.717) is 23.5 Å². The molecule has 0 saturated heterocycles. The lowest BCUT2D eigenvalue weighted by molar-refractivity contribution is -0.147. The molecule has 2 aromatic carbocycles. The largest absolute Gasteiger partial charge is 0.467 e. The molecule has 0 spiro atoms. The van der Waals surface area contributed by atoms with Crippen LogP contribution in [0.1, 0.15) is 66.5 Å². The van der Waals surface area contributed by atoms with E-state index in [2.05, 4.69) is 31.1 Å². The van der Waals surface area contributed by atoms with Crippen LogP contribution in [0, 0.1) is 5.92 Å². The third-order valence-electron chi connectivity index (χ3n) is 6.70. The second kappa shape index (κ2) is 10.2. The maximum absolute atomic E-state index is 13.2. The average molecular weight is 500 g/mol. The van der Waals surface area contributed by atoms with E-state index >= 15 is 0 Å². The first-order chi connectivity index (χ1) is 17.5. The molecule has 2 heterocycles. The molecule has 1 aliphatic rings. The van der Waals surface area contributed by atoms with Crippen LogP contribution in [0.4, 0.5) is 5.82 Å².